The van der Waals surface area contributed by atoms with E-state index in [9.17, 15) is 0 Å². The second kappa shape index (κ2) is 11.4. The third kappa shape index (κ3) is 4.49. The zero-order chi connectivity index (χ0) is 29.2. The van der Waals surface area contributed by atoms with Gasteiger partial charge in [0.05, 0.1) is 0 Å². The first-order chi connectivity index (χ1) is 21.3. The molecule has 43 heavy (non-hydrogen) atoms. The predicted octanol–water partition coefficient (Wildman–Crippen LogP) is 12.3. The van der Waals surface area contributed by atoms with Crippen molar-refractivity contribution in [3.05, 3.63) is 176 Å². The molecule has 0 N–H and O–H groups in total. The zero-order valence-corrected chi connectivity index (χ0v) is 24.3. The van der Waals surface area contributed by atoms with Gasteiger partial charge in [0.25, 0.3) is 0 Å². The van der Waals surface area contributed by atoms with Crippen molar-refractivity contribution in [2.75, 3.05) is 0 Å². The molecule has 7 aromatic rings. The zero-order valence-electron chi connectivity index (χ0n) is 24.3. The highest BCUT2D eigenvalue weighted by Gasteiger charge is 2.25. The van der Waals surface area contributed by atoms with E-state index >= 15 is 0 Å². The van der Waals surface area contributed by atoms with E-state index in [2.05, 4.69) is 165 Å². The summed E-state index contributed by atoms with van der Waals surface area (Å²) in [6.45, 7) is 6.12. The molecule has 0 unspecified atom stereocenters. The molecule has 7 aromatic carbocycles. The van der Waals surface area contributed by atoms with Crippen molar-refractivity contribution < 1.29 is 0 Å². The highest BCUT2D eigenvalue weighted by molar-refractivity contribution is 6.32. The lowest BCUT2D eigenvalue weighted by atomic mass is 9.77. The van der Waals surface area contributed by atoms with Crippen LogP contribution in [0.4, 0.5) is 0 Å². The minimum absolute atomic E-state index is 1.17. The van der Waals surface area contributed by atoms with Crippen molar-refractivity contribution in [1.82, 2.24) is 0 Å². The first-order valence-electron chi connectivity index (χ1n) is 14.9. The number of hydrogen-bond acceptors (Lipinski definition) is 0. The van der Waals surface area contributed by atoms with Gasteiger partial charge in [0, 0.05) is 0 Å². The average molecular weight is 549 g/mol. The monoisotopic (exact) mass is 548 g/mol. The fourth-order valence-electron chi connectivity index (χ4n) is 6.64. The number of hydrogen-bond donors (Lipinski definition) is 0. The Hall–Kier alpha value is -5.46. The van der Waals surface area contributed by atoms with Gasteiger partial charge in [-0.15, -0.1) is 0 Å². The van der Waals surface area contributed by atoms with Crippen LogP contribution in [0, 0.1) is 0 Å². The Morgan fingerprint density at radius 3 is 1.26 bits per heavy atom. The summed E-state index contributed by atoms with van der Waals surface area (Å²) in [6.07, 6.45) is 8.33. The lowest BCUT2D eigenvalue weighted by molar-refractivity contribution is 1.62. The minimum atomic E-state index is 1.17. The molecule has 0 spiro atoms. The molecule has 0 fully saturated rings. The molecule has 0 aliphatic carbocycles. The van der Waals surface area contributed by atoms with Gasteiger partial charge >= 0.3 is 0 Å². The summed E-state index contributed by atoms with van der Waals surface area (Å²) >= 11 is 0. The van der Waals surface area contributed by atoms with Crippen molar-refractivity contribution in [3.8, 4) is 33.4 Å². The molecule has 0 amide bonds. The lowest BCUT2D eigenvalue weighted by Gasteiger charge is -2.25. The van der Waals surface area contributed by atoms with Crippen LogP contribution in [0.5, 0.6) is 0 Å². The van der Waals surface area contributed by atoms with Crippen LogP contribution in [0.2, 0.25) is 0 Å². The first-order valence-corrected chi connectivity index (χ1v) is 14.9. The van der Waals surface area contributed by atoms with E-state index in [1.165, 1.54) is 76.8 Å². The Morgan fingerprint density at radius 1 is 0.465 bits per heavy atom. The normalized spacial score (nSPS) is 12.0. The van der Waals surface area contributed by atoms with Gasteiger partial charge in [0.15, 0.2) is 0 Å². The van der Waals surface area contributed by atoms with E-state index in [-0.39, 0.29) is 0 Å². The van der Waals surface area contributed by atoms with Gasteiger partial charge in [-0.1, -0.05) is 170 Å². The van der Waals surface area contributed by atoms with Crippen LogP contribution in [0.15, 0.2) is 170 Å². The molecule has 0 saturated carbocycles. The van der Waals surface area contributed by atoms with E-state index < -0.39 is 0 Å². The summed E-state index contributed by atoms with van der Waals surface area (Å²) in [5.74, 6) is 0. The second-order valence-corrected chi connectivity index (χ2v) is 10.8. The van der Waals surface area contributed by atoms with Crippen LogP contribution >= 0.6 is 0 Å². The molecule has 0 heteroatoms. The van der Waals surface area contributed by atoms with E-state index in [4.69, 9.17) is 0 Å². The third-order valence-electron chi connectivity index (χ3n) is 8.38. The maximum absolute atomic E-state index is 3.98. The van der Waals surface area contributed by atoms with Crippen molar-refractivity contribution in [2.24, 2.45) is 0 Å². The fraction of sp³-hybridized carbons (Fsp3) is 0.0233. The van der Waals surface area contributed by atoms with Gasteiger partial charge in [-0.2, -0.15) is 0 Å². The number of rotatable bonds is 6. The topological polar surface area (TPSA) is 0 Å². The Kier molecular flexibility index (Phi) is 7.03. The average Bonchev–Trinajstić information content (AvgIpc) is 3.08. The van der Waals surface area contributed by atoms with Crippen molar-refractivity contribution in [3.63, 3.8) is 0 Å². The molecule has 0 aliphatic rings. The Labute approximate surface area is 253 Å². The molecule has 0 heterocycles. The highest BCUT2D eigenvalue weighted by Crippen LogP contribution is 2.52. The van der Waals surface area contributed by atoms with E-state index in [0.29, 0.717) is 0 Å². The number of fused-ring (bicyclic) bond motifs is 3. The number of benzene rings is 7. The molecular weight excluding hydrogens is 516 g/mol. The summed E-state index contributed by atoms with van der Waals surface area (Å²) in [4.78, 5) is 0. The Bertz CT molecular complexity index is 2120. The molecule has 204 valence electrons. The van der Waals surface area contributed by atoms with Gasteiger partial charge < -0.3 is 0 Å². The molecule has 7 rings (SSSR count). The van der Waals surface area contributed by atoms with Crippen molar-refractivity contribution >= 4 is 37.9 Å². The van der Waals surface area contributed by atoms with Crippen LogP contribution in [0.25, 0.3) is 71.3 Å². The van der Waals surface area contributed by atoms with E-state index in [1.807, 2.05) is 12.2 Å². The fourth-order valence-corrected chi connectivity index (χ4v) is 6.64. The van der Waals surface area contributed by atoms with Crippen LogP contribution in [-0.2, 0) is 0 Å². The van der Waals surface area contributed by atoms with Gasteiger partial charge in [-0.3, -0.25) is 0 Å². The van der Waals surface area contributed by atoms with Crippen molar-refractivity contribution in [2.45, 2.75) is 6.92 Å². The molecule has 0 bridgehead atoms. The molecule has 0 atom stereocenters. The van der Waals surface area contributed by atoms with Gasteiger partial charge in [0.1, 0.15) is 0 Å². The van der Waals surface area contributed by atoms with Gasteiger partial charge in [-0.25, -0.2) is 0 Å². The maximum Gasteiger partial charge on any atom is -0.000139 e. The van der Waals surface area contributed by atoms with Crippen molar-refractivity contribution in [1.29, 1.82) is 0 Å². The molecule has 0 nitrogen and oxygen atoms in total. The number of allylic oxidation sites excluding steroid dienone is 5. The summed E-state index contributed by atoms with van der Waals surface area (Å²) in [5, 5.41) is 7.52. The standard InChI is InChI=1S/C43H32/c1-3-5-19-30(4-2)38-34-26-15-16-27-35(34)40(32-22-11-7-12-23-32)43-41(33-24-13-8-14-25-33)37-29-18-17-28-36(37)39(42(38)43)31-20-9-6-10-21-31/h3-29H,1H2,2H3/b19-5-,30-4+. The first kappa shape index (κ1) is 26.4. The summed E-state index contributed by atoms with van der Waals surface area (Å²) in [7, 11) is 0. The van der Waals surface area contributed by atoms with E-state index in [1.54, 1.807) is 0 Å². The molecule has 0 aliphatic heterocycles. The second-order valence-electron chi connectivity index (χ2n) is 10.8. The SMILES string of the molecule is C=C/C=C\C(=C/C)c1c2ccccc2c(-c2ccccc2)c2c(-c3ccccc3)c3ccccc3c(-c3ccccc3)c12. The smallest absolute Gasteiger partial charge is 0.000139 e. The summed E-state index contributed by atoms with van der Waals surface area (Å²) in [5.41, 5.74) is 9.84. The van der Waals surface area contributed by atoms with Crippen LogP contribution in [0.3, 0.4) is 0 Å². The molecule has 0 radical (unpaired) electrons. The Morgan fingerprint density at radius 2 is 0.837 bits per heavy atom. The van der Waals surface area contributed by atoms with Crippen LogP contribution in [0.1, 0.15) is 12.5 Å². The van der Waals surface area contributed by atoms with E-state index in [0.717, 1.165) is 0 Å². The summed E-state index contributed by atoms with van der Waals surface area (Å²) < 4.78 is 0. The maximum atomic E-state index is 3.98. The quantitative estimate of drug-likeness (QED) is 0.143. The van der Waals surface area contributed by atoms with Crippen LogP contribution < -0.4 is 0 Å². The lowest BCUT2D eigenvalue weighted by Crippen LogP contribution is -1.99. The summed E-state index contributed by atoms with van der Waals surface area (Å²) in [6, 6.07) is 50.5. The molecule has 0 saturated heterocycles. The van der Waals surface area contributed by atoms with Gasteiger partial charge in [0.2, 0.25) is 0 Å². The predicted molar refractivity (Wildman–Crippen MR) is 188 cm³/mol. The largest absolute Gasteiger partial charge is 0.0991 e. The molecular formula is C43H32. The third-order valence-corrected chi connectivity index (χ3v) is 8.38. The minimum Gasteiger partial charge on any atom is -0.0991 e. The van der Waals surface area contributed by atoms with Crippen LogP contribution in [-0.4, -0.2) is 0 Å². The van der Waals surface area contributed by atoms with Gasteiger partial charge in [-0.05, 0) is 83.8 Å². The molecule has 0 aromatic heterocycles. The Balaban J connectivity index is 1.89. The highest BCUT2D eigenvalue weighted by atomic mass is 14.3.